The molecule has 8 nitrogen and oxygen atoms in total. The third kappa shape index (κ3) is 3.92. The van der Waals surface area contributed by atoms with Crippen LogP contribution >= 0.6 is 0 Å². The topological polar surface area (TPSA) is 98.9 Å². The molecular formula is C16H17FN2O6S. The fourth-order valence-electron chi connectivity index (χ4n) is 2.46. The maximum Gasteiger partial charge on any atom is 0.341 e. The first kappa shape index (κ1) is 18.5. The fraction of sp³-hybridized carbons (Fsp3) is 0.375. The summed E-state index contributed by atoms with van der Waals surface area (Å²) >= 11 is 0. The Kier molecular flexibility index (Phi) is 5.35. The van der Waals surface area contributed by atoms with Gasteiger partial charge in [-0.15, -0.1) is 0 Å². The number of benzene rings is 1. The Morgan fingerprint density at radius 1 is 1.31 bits per heavy atom. The number of esters is 1. The van der Waals surface area contributed by atoms with E-state index in [1.807, 2.05) is 0 Å². The second kappa shape index (κ2) is 7.52. The van der Waals surface area contributed by atoms with Gasteiger partial charge in [-0.3, -0.25) is 0 Å². The van der Waals surface area contributed by atoms with E-state index < -0.39 is 27.4 Å². The van der Waals surface area contributed by atoms with Crippen molar-refractivity contribution < 1.29 is 31.6 Å². The zero-order valence-corrected chi connectivity index (χ0v) is 14.8. The molecule has 1 aliphatic rings. The minimum atomic E-state index is -3.85. The summed E-state index contributed by atoms with van der Waals surface area (Å²) < 4.78 is 55.5. The molecule has 0 spiro atoms. The van der Waals surface area contributed by atoms with Crippen LogP contribution in [0.1, 0.15) is 21.8 Å². The predicted octanol–water partition coefficient (Wildman–Crippen LogP) is 1.50. The molecule has 1 saturated heterocycles. The van der Waals surface area contributed by atoms with Gasteiger partial charge in [0.1, 0.15) is 23.9 Å². The number of halogens is 1. The van der Waals surface area contributed by atoms with Gasteiger partial charge in [0.2, 0.25) is 10.0 Å². The zero-order chi connectivity index (χ0) is 18.7. The van der Waals surface area contributed by atoms with Gasteiger partial charge in [-0.25, -0.2) is 17.6 Å². The number of hydrogen-bond acceptors (Lipinski definition) is 7. The van der Waals surface area contributed by atoms with Gasteiger partial charge in [-0.2, -0.15) is 4.31 Å². The average molecular weight is 384 g/mol. The van der Waals surface area contributed by atoms with E-state index >= 15 is 0 Å². The lowest BCUT2D eigenvalue weighted by molar-refractivity contribution is 0.0458. The highest BCUT2D eigenvalue weighted by Gasteiger charge is 2.28. The maximum absolute atomic E-state index is 14.0. The lowest BCUT2D eigenvalue weighted by Crippen LogP contribution is -2.40. The molecule has 140 valence electrons. The largest absolute Gasteiger partial charge is 0.455 e. The summed E-state index contributed by atoms with van der Waals surface area (Å²) in [5.74, 6) is -1.31. The molecule has 2 aromatic rings. The summed E-state index contributed by atoms with van der Waals surface area (Å²) in [6, 6.07) is 4.61. The first-order valence-corrected chi connectivity index (χ1v) is 9.29. The predicted molar refractivity (Wildman–Crippen MR) is 86.3 cm³/mol. The summed E-state index contributed by atoms with van der Waals surface area (Å²) in [5, 5.41) is 3.66. The van der Waals surface area contributed by atoms with Crippen molar-refractivity contribution in [3.8, 4) is 0 Å². The Labute approximate surface area is 149 Å². The number of carbonyl (C=O) groups is 1. The lowest BCUT2D eigenvalue weighted by Gasteiger charge is -2.26. The van der Waals surface area contributed by atoms with E-state index in [-0.39, 0.29) is 37.8 Å². The summed E-state index contributed by atoms with van der Waals surface area (Å²) in [4.78, 5) is 12.0. The van der Waals surface area contributed by atoms with Crippen molar-refractivity contribution in [3.63, 3.8) is 0 Å². The Morgan fingerprint density at radius 2 is 2.04 bits per heavy atom. The van der Waals surface area contributed by atoms with Crippen LogP contribution in [0.2, 0.25) is 0 Å². The van der Waals surface area contributed by atoms with Crippen molar-refractivity contribution in [1.82, 2.24) is 9.46 Å². The van der Waals surface area contributed by atoms with Crippen LogP contribution in [0.3, 0.4) is 0 Å². The Morgan fingerprint density at radius 3 is 2.69 bits per heavy atom. The Hall–Kier alpha value is -2.30. The van der Waals surface area contributed by atoms with Gasteiger partial charge in [0.25, 0.3) is 0 Å². The molecular weight excluding hydrogens is 367 g/mol. The number of ether oxygens (including phenoxy) is 2. The van der Waals surface area contributed by atoms with Crippen molar-refractivity contribution in [2.75, 3.05) is 26.3 Å². The minimum Gasteiger partial charge on any atom is -0.455 e. The highest BCUT2D eigenvalue weighted by atomic mass is 32.2. The number of morpholine rings is 1. The van der Waals surface area contributed by atoms with Crippen LogP contribution in [0.4, 0.5) is 4.39 Å². The number of aryl methyl sites for hydroxylation is 1. The van der Waals surface area contributed by atoms with Crippen LogP contribution in [0.15, 0.2) is 33.7 Å². The Bertz CT molecular complexity index is 905. The lowest BCUT2D eigenvalue weighted by atomic mass is 10.2. The Balaban J connectivity index is 1.79. The molecule has 0 bridgehead atoms. The van der Waals surface area contributed by atoms with Crippen LogP contribution < -0.4 is 0 Å². The number of carbonyl (C=O) groups excluding carboxylic acids is 1. The van der Waals surface area contributed by atoms with Gasteiger partial charge in [-0.05, 0) is 25.1 Å². The third-order valence-electron chi connectivity index (χ3n) is 3.79. The average Bonchev–Trinajstić information content (AvgIpc) is 3.06. The molecule has 0 radical (unpaired) electrons. The number of sulfonamides is 1. The van der Waals surface area contributed by atoms with Gasteiger partial charge in [0.15, 0.2) is 0 Å². The minimum absolute atomic E-state index is 0.176. The second-order valence-corrected chi connectivity index (χ2v) is 7.60. The van der Waals surface area contributed by atoms with Crippen molar-refractivity contribution in [2.45, 2.75) is 18.4 Å². The molecule has 26 heavy (non-hydrogen) atoms. The molecule has 0 N–H and O–H groups in total. The van der Waals surface area contributed by atoms with E-state index in [1.54, 1.807) is 13.0 Å². The summed E-state index contributed by atoms with van der Waals surface area (Å²) in [7, 11) is -3.85. The van der Waals surface area contributed by atoms with E-state index in [0.29, 0.717) is 11.5 Å². The van der Waals surface area contributed by atoms with E-state index in [9.17, 15) is 17.6 Å². The monoisotopic (exact) mass is 384 g/mol. The van der Waals surface area contributed by atoms with Gasteiger partial charge >= 0.3 is 5.97 Å². The maximum atomic E-state index is 14.0. The molecule has 3 rings (SSSR count). The highest BCUT2D eigenvalue weighted by molar-refractivity contribution is 7.89. The van der Waals surface area contributed by atoms with Crippen LogP contribution in [-0.4, -0.2) is 50.2 Å². The van der Waals surface area contributed by atoms with Crippen molar-refractivity contribution in [1.29, 1.82) is 0 Å². The van der Waals surface area contributed by atoms with Crippen LogP contribution in [0.5, 0.6) is 0 Å². The normalized spacial score (nSPS) is 15.8. The van der Waals surface area contributed by atoms with Crippen LogP contribution in [-0.2, 0) is 26.1 Å². The van der Waals surface area contributed by atoms with Gasteiger partial charge < -0.3 is 14.0 Å². The molecule has 0 amide bonds. The molecule has 1 fully saturated rings. The summed E-state index contributed by atoms with van der Waals surface area (Å²) in [6.45, 7) is 2.43. The van der Waals surface area contributed by atoms with Gasteiger partial charge in [-0.1, -0.05) is 5.16 Å². The number of aromatic nitrogens is 1. The third-order valence-corrected chi connectivity index (χ3v) is 5.69. The first-order chi connectivity index (χ1) is 12.4. The molecule has 0 saturated carbocycles. The van der Waals surface area contributed by atoms with E-state index in [0.717, 1.165) is 18.2 Å². The van der Waals surface area contributed by atoms with E-state index in [1.165, 1.54) is 4.31 Å². The number of nitrogens with zero attached hydrogens (tertiary/aromatic N) is 2. The van der Waals surface area contributed by atoms with E-state index in [4.69, 9.17) is 14.0 Å². The number of rotatable bonds is 5. The standard InChI is InChI=1S/C16H17FN2O6S/c1-11-8-12(18-25-11)10-24-16(20)14-9-13(2-3-15(14)17)26(21,22)19-4-6-23-7-5-19/h2-3,8-9H,4-7,10H2,1H3. The number of hydrogen-bond donors (Lipinski definition) is 0. The zero-order valence-electron chi connectivity index (χ0n) is 14.0. The van der Waals surface area contributed by atoms with Gasteiger partial charge in [0.05, 0.1) is 23.7 Å². The van der Waals surface area contributed by atoms with Crippen molar-refractivity contribution in [3.05, 3.63) is 47.1 Å². The summed E-state index contributed by atoms with van der Waals surface area (Å²) in [6.07, 6.45) is 0. The summed E-state index contributed by atoms with van der Waals surface area (Å²) in [5.41, 5.74) is -0.0899. The molecule has 1 aliphatic heterocycles. The van der Waals surface area contributed by atoms with Crippen molar-refractivity contribution >= 4 is 16.0 Å². The quantitative estimate of drug-likeness (QED) is 0.720. The molecule has 1 aromatic heterocycles. The van der Waals surface area contributed by atoms with Crippen LogP contribution in [0.25, 0.3) is 0 Å². The molecule has 1 aromatic carbocycles. The SMILES string of the molecule is Cc1cc(COC(=O)c2cc(S(=O)(=O)N3CCOCC3)ccc2F)no1. The highest BCUT2D eigenvalue weighted by Crippen LogP contribution is 2.21. The second-order valence-electron chi connectivity index (χ2n) is 5.66. The molecule has 0 aliphatic carbocycles. The molecule has 0 atom stereocenters. The van der Waals surface area contributed by atoms with Crippen LogP contribution in [0, 0.1) is 12.7 Å². The smallest absolute Gasteiger partial charge is 0.341 e. The van der Waals surface area contributed by atoms with Crippen molar-refractivity contribution in [2.24, 2.45) is 0 Å². The first-order valence-electron chi connectivity index (χ1n) is 7.84. The molecule has 0 unspecified atom stereocenters. The van der Waals surface area contributed by atoms with Gasteiger partial charge in [0, 0.05) is 19.2 Å². The molecule has 10 heteroatoms. The van der Waals surface area contributed by atoms with E-state index in [2.05, 4.69) is 5.16 Å². The molecule has 2 heterocycles. The fourth-order valence-corrected chi connectivity index (χ4v) is 3.90.